The molecule has 0 atom stereocenters. The van der Waals surface area contributed by atoms with Crippen molar-refractivity contribution >= 4 is 21.7 Å². The summed E-state index contributed by atoms with van der Waals surface area (Å²) >= 11 is 0. The predicted octanol–water partition coefficient (Wildman–Crippen LogP) is 2.69. The third-order valence-corrected chi connectivity index (χ3v) is 6.74. The van der Waals surface area contributed by atoms with Gasteiger partial charge in [-0.25, -0.2) is 13.2 Å². The number of nitro groups is 1. The molecular weight excluding hydrogens is 444 g/mol. The molecule has 4 rings (SSSR count). The summed E-state index contributed by atoms with van der Waals surface area (Å²) in [6, 6.07) is 7.89. The minimum absolute atomic E-state index is 0.0186. The van der Waals surface area contributed by atoms with E-state index in [2.05, 4.69) is 0 Å². The molecule has 0 aliphatic carbocycles. The average Bonchev–Trinajstić information content (AvgIpc) is 2.73. The van der Waals surface area contributed by atoms with Crippen LogP contribution in [0.25, 0.3) is 0 Å². The van der Waals surface area contributed by atoms with Crippen LogP contribution in [0.3, 0.4) is 0 Å². The highest BCUT2D eigenvalue weighted by atomic mass is 32.2. The van der Waals surface area contributed by atoms with E-state index in [0.29, 0.717) is 0 Å². The summed E-state index contributed by atoms with van der Waals surface area (Å²) in [5.41, 5.74) is -0.589. The summed E-state index contributed by atoms with van der Waals surface area (Å²) in [4.78, 5) is 23.2. The summed E-state index contributed by atoms with van der Waals surface area (Å²) in [5.74, 6) is -1.93. The van der Waals surface area contributed by atoms with Gasteiger partial charge in [0.1, 0.15) is 17.1 Å². The van der Waals surface area contributed by atoms with Gasteiger partial charge in [0.15, 0.2) is 0 Å². The Bertz CT molecular complexity index is 1190. The van der Waals surface area contributed by atoms with Crippen LogP contribution in [0.5, 0.6) is 17.2 Å². The van der Waals surface area contributed by atoms with Gasteiger partial charge < -0.3 is 18.9 Å². The lowest BCUT2D eigenvalue weighted by Crippen LogP contribution is -2.40. The van der Waals surface area contributed by atoms with Gasteiger partial charge in [-0.2, -0.15) is 4.31 Å². The number of hydrogen-bond donors (Lipinski definition) is 0. The zero-order valence-corrected chi connectivity index (χ0v) is 18.1. The fourth-order valence-corrected chi connectivity index (χ4v) is 4.81. The molecule has 1 saturated heterocycles. The topological polar surface area (TPSA) is 135 Å². The number of nitro benzene ring substituents is 1. The first-order chi connectivity index (χ1) is 15.1. The van der Waals surface area contributed by atoms with Crippen LogP contribution in [0.4, 0.5) is 5.69 Å². The van der Waals surface area contributed by atoms with Gasteiger partial charge in [0.25, 0.3) is 0 Å². The van der Waals surface area contributed by atoms with Gasteiger partial charge in [0, 0.05) is 33.0 Å². The van der Waals surface area contributed by atoms with Crippen molar-refractivity contribution in [2.75, 3.05) is 26.3 Å². The number of sulfonamides is 1. The Kier molecular flexibility index (Phi) is 5.53. The number of nitrogens with zero attached hydrogens (tertiary/aromatic N) is 2. The number of morpholine rings is 1. The molecule has 0 bridgehead atoms. The first-order valence-electron chi connectivity index (χ1n) is 9.68. The highest BCUT2D eigenvalue weighted by Crippen LogP contribution is 2.41. The second-order valence-corrected chi connectivity index (χ2v) is 9.46. The lowest BCUT2D eigenvalue weighted by atomic mass is 10.1. The second-order valence-electron chi connectivity index (χ2n) is 7.53. The molecule has 0 aromatic heterocycles. The van der Waals surface area contributed by atoms with Crippen LogP contribution >= 0.6 is 0 Å². The smallest absolute Gasteiger partial charge is 0.349 e. The number of carbonyl (C=O) groups excluding carboxylic acids is 1. The quantitative estimate of drug-likeness (QED) is 0.372. The van der Waals surface area contributed by atoms with Crippen molar-refractivity contribution in [1.29, 1.82) is 0 Å². The van der Waals surface area contributed by atoms with E-state index in [9.17, 15) is 23.3 Å². The van der Waals surface area contributed by atoms with Gasteiger partial charge in [-0.1, -0.05) is 6.07 Å². The van der Waals surface area contributed by atoms with Crippen molar-refractivity contribution in [3.63, 3.8) is 0 Å². The number of rotatable bonds is 5. The summed E-state index contributed by atoms with van der Waals surface area (Å²) in [6.45, 7) is 3.94. The molecule has 32 heavy (non-hydrogen) atoms. The van der Waals surface area contributed by atoms with Gasteiger partial charge >= 0.3 is 11.7 Å². The minimum Gasteiger partial charge on any atom is -0.452 e. The molecule has 0 radical (unpaired) electrons. The highest BCUT2D eigenvalue weighted by molar-refractivity contribution is 7.89. The summed E-state index contributed by atoms with van der Waals surface area (Å²) in [6.07, 6.45) is 0. The Hall–Kier alpha value is -3.22. The molecular formula is C20H20N2O9S. The van der Waals surface area contributed by atoms with E-state index < -0.39 is 32.4 Å². The molecule has 2 aromatic carbocycles. The Labute approximate surface area is 183 Å². The Morgan fingerprint density at radius 2 is 1.81 bits per heavy atom. The molecule has 0 unspecified atom stereocenters. The van der Waals surface area contributed by atoms with Gasteiger partial charge in [0.05, 0.1) is 23.0 Å². The van der Waals surface area contributed by atoms with Crippen molar-refractivity contribution in [2.45, 2.75) is 24.5 Å². The normalized spacial score (nSPS) is 18.2. The molecule has 1 fully saturated rings. The van der Waals surface area contributed by atoms with E-state index >= 15 is 0 Å². The van der Waals surface area contributed by atoms with E-state index in [1.165, 1.54) is 22.5 Å². The number of cyclic esters (lactones) is 1. The van der Waals surface area contributed by atoms with Gasteiger partial charge in [0.2, 0.25) is 21.6 Å². The Balaban J connectivity index is 1.70. The van der Waals surface area contributed by atoms with Crippen molar-refractivity contribution in [1.82, 2.24) is 4.31 Å². The molecule has 2 aromatic rings. The zero-order chi connectivity index (χ0) is 23.1. The number of benzene rings is 2. The lowest BCUT2D eigenvalue weighted by Gasteiger charge is -2.32. The summed E-state index contributed by atoms with van der Waals surface area (Å²) in [5, 5.41) is 11.7. The van der Waals surface area contributed by atoms with Crippen molar-refractivity contribution < 1.29 is 37.1 Å². The number of carbonyl (C=O) groups is 1. The second kappa shape index (κ2) is 8.04. The molecule has 2 heterocycles. The van der Waals surface area contributed by atoms with E-state index in [0.717, 1.165) is 6.07 Å². The number of esters is 1. The molecule has 0 saturated carbocycles. The molecule has 0 amide bonds. The number of hydrogen-bond acceptors (Lipinski definition) is 9. The zero-order valence-electron chi connectivity index (χ0n) is 17.3. The summed E-state index contributed by atoms with van der Waals surface area (Å²) < 4.78 is 48.6. The van der Waals surface area contributed by atoms with Crippen molar-refractivity contribution in [2.24, 2.45) is 0 Å². The van der Waals surface area contributed by atoms with Gasteiger partial charge in [-0.05, 0) is 24.3 Å². The monoisotopic (exact) mass is 464 g/mol. The van der Waals surface area contributed by atoms with E-state index in [1.54, 1.807) is 26.0 Å². The van der Waals surface area contributed by atoms with Crippen molar-refractivity contribution in [3.8, 4) is 17.2 Å². The maximum atomic E-state index is 12.9. The predicted molar refractivity (Wildman–Crippen MR) is 109 cm³/mol. The molecule has 0 spiro atoms. The largest absolute Gasteiger partial charge is 0.452 e. The number of fused-ring (bicyclic) bond motifs is 1. The minimum atomic E-state index is -3.94. The molecule has 2 aliphatic rings. The SMILES string of the molecule is CC1(C)OC(=O)c2c(Oc3ccc(S(=O)(=O)N4CCOCC4)cc3[N+](=O)[O-])cccc2O1. The Morgan fingerprint density at radius 3 is 2.50 bits per heavy atom. The molecule has 0 N–H and O–H groups in total. The van der Waals surface area contributed by atoms with Crippen molar-refractivity contribution in [3.05, 3.63) is 52.1 Å². The summed E-state index contributed by atoms with van der Waals surface area (Å²) in [7, 11) is -3.94. The number of ether oxygens (including phenoxy) is 4. The fourth-order valence-electron chi connectivity index (χ4n) is 3.38. The first kappa shape index (κ1) is 22.0. The van der Waals surface area contributed by atoms with E-state index in [4.69, 9.17) is 18.9 Å². The van der Waals surface area contributed by atoms with Crippen LogP contribution in [0.1, 0.15) is 24.2 Å². The first-order valence-corrected chi connectivity index (χ1v) is 11.1. The van der Waals surface area contributed by atoms with Crippen LogP contribution in [0, 0.1) is 10.1 Å². The van der Waals surface area contributed by atoms with E-state index in [1.807, 2.05) is 0 Å². The third kappa shape index (κ3) is 4.11. The Morgan fingerprint density at radius 1 is 1.09 bits per heavy atom. The highest BCUT2D eigenvalue weighted by Gasteiger charge is 2.37. The average molecular weight is 464 g/mol. The fraction of sp³-hybridized carbons (Fsp3) is 0.350. The lowest BCUT2D eigenvalue weighted by molar-refractivity contribution is -0.385. The van der Waals surface area contributed by atoms with Crippen LogP contribution in [-0.4, -0.2) is 55.7 Å². The molecule has 11 nitrogen and oxygen atoms in total. The molecule has 12 heteroatoms. The standard InChI is InChI=1S/C20H20N2O9S/c1-20(2)30-17-5-3-4-16(18(17)19(23)31-20)29-15-7-6-13(12-14(15)22(24)25)32(26,27)21-8-10-28-11-9-21/h3-7,12H,8-11H2,1-2H3. The van der Waals surface area contributed by atoms with Gasteiger partial charge in [-0.3, -0.25) is 10.1 Å². The maximum absolute atomic E-state index is 12.9. The molecule has 2 aliphatic heterocycles. The van der Waals surface area contributed by atoms with E-state index in [-0.39, 0.29) is 54.0 Å². The van der Waals surface area contributed by atoms with Crippen LogP contribution in [-0.2, 0) is 19.5 Å². The maximum Gasteiger partial charge on any atom is 0.349 e. The van der Waals surface area contributed by atoms with Gasteiger partial charge in [-0.15, -0.1) is 0 Å². The molecule has 170 valence electrons. The third-order valence-electron chi connectivity index (χ3n) is 4.84. The van der Waals surface area contributed by atoms with Crippen LogP contribution < -0.4 is 9.47 Å². The van der Waals surface area contributed by atoms with Crippen LogP contribution in [0.15, 0.2) is 41.3 Å². The van der Waals surface area contributed by atoms with Crippen LogP contribution in [0.2, 0.25) is 0 Å².